The van der Waals surface area contributed by atoms with Gasteiger partial charge in [0.1, 0.15) is 5.82 Å². The Labute approximate surface area is 180 Å². The highest BCUT2D eigenvalue weighted by molar-refractivity contribution is 7.89. The van der Waals surface area contributed by atoms with Gasteiger partial charge in [-0.05, 0) is 72.7 Å². The molecule has 1 aromatic heterocycles. The average Bonchev–Trinajstić information content (AvgIpc) is 3.27. The number of fused-ring (bicyclic) bond motifs is 1. The number of pyridine rings is 1. The van der Waals surface area contributed by atoms with Gasteiger partial charge < -0.3 is 9.72 Å². The summed E-state index contributed by atoms with van der Waals surface area (Å²) in [5.74, 6) is -0.512. The number of nitrogens with one attached hydrogen (secondary N) is 1. The third-order valence-corrected chi connectivity index (χ3v) is 7.45. The smallest absolute Gasteiger partial charge is 0.252 e. The van der Waals surface area contributed by atoms with Crippen molar-refractivity contribution in [2.45, 2.75) is 43.7 Å². The van der Waals surface area contributed by atoms with Crippen molar-refractivity contribution < 1.29 is 17.5 Å². The second kappa shape index (κ2) is 8.90. The van der Waals surface area contributed by atoms with E-state index in [9.17, 15) is 17.6 Å². The zero-order chi connectivity index (χ0) is 22.0. The Morgan fingerprint density at radius 3 is 2.61 bits per heavy atom. The molecule has 1 aliphatic rings. The van der Waals surface area contributed by atoms with Gasteiger partial charge in [-0.1, -0.05) is 13.0 Å². The third-order valence-electron chi connectivity index (χ3n) is 5.62. The van der Waals surface area contributed by atoms with Crippen LogP contribution in [0, 0.1) is 5.82 Å². The van der Waals surface area contributed by atoms with E-state index in [0.717, 1.165) is 42.3 Å². The predicted octanol–water partition coefficient (Wildman–Crippen LogP) is 3.60. The molecule has 1 fully saturated rings. The minimum absolute atomic E-state index is 0.0163. The number of aryl methyl sites for hydroxylation is 1. The molecule has 2 heterocycles. The Bertz CT molecular complexity index is 1230. The van der Waals surface area contributed by atoms with Crippen LogP contribution in [-0.4, -0.2) is 37.0 Å². The maximum absolute atomic E-state index is 13.3. The first-order valence-corrected chi connectivity index (χ1v) is 11.8. The first kappa shape index (κ1) is 21.7. The standard InChI is InChI=1S/C23H25FN2O4S/c1-2-16-5-10-22-17(12-16)13-18(23(27)25-22)14-26(15-20-4-3-11-30-20)31(28,29)21-8-6-19(24)7-9-21/h5-10,12-13,20H,2-4,11,14-15H2,1H3,(H,25,27)/t20-/m1/s1. The highest BCUT2D eigenvalue weighted by Crippen LogP contribution is 2.23. The lowest BCUT2D eigenvalue weighted by atomic mass is 10.1. The average molecular weight is 445 g/mol. The van der Waals surface area contributed by atoms with E-state index in [2.05, 4.69) is 4.98 Å². The van der Waals surface area contributed by atoms with Gasteiger partial charge in [-0.3, -0.25) is 4.79 Å². The summed E-state index contributed by atoms with van der Waals surface area (Å²) in [5, 5.41) is 0.852. The number of benzene rings is 2. The van der Waals surface area contributed by atoms with Crippen LogP contribution in [0.25, 0.3) is 10.9 Å². The Balaban J connectivity index is 1.72. The number of aromatic nitrogens is 1. The molecule has 164 valence electrons. The second-order valence-electron chi connectivity index (χ2n) is 7.79. The normalized spacial score (nSPS) is 16.9. The van der Waals surface area contributed by atoms with Crippen LogP contribution < -0.4 is 5.56 Å². The lowest BCUT2D eigenvalue weighted by molar-refractivity contribution is 0.0925. The molecule has 1 saturated heterocycles. The van der Waals surface area contributed by atoms with Crippen molar-refractivity contribution in [1.82, 2.24) is 9.29 Å². The van der Waals surface area contributed by atoms with Crippen LogP contribution in [0.1, 0.15) is 30.9 Å². The fraction of sp³-hybridized carbons (Fsp3) is 0.348. The fourth-order valence-corrected chi connectivity index (χ4v) is 5.30. The van der Waals surface area contributed by atoms with Gasteiger partial charge in [-0.25, -0.2) is 12.8 Å². The zero-order valence-corrected chi connectivity index (χ0v) is 18.1. The maximum atomic E-state index is 13.3. The molecule has 0 aliphatic carbocycles. The molecule has 0 spiro atoms. The predicted molar refractivity (Wildman–Crippen MR) is 117 cm³/mol. The molecule has 6 nitrogen and oxygen atoms in total. The van der Waals surface area contributed by atoms with E-state index >= 15 is 0 Å². The molecule has 1 aliphatic heterocycles. The van der Waals surface area contributed by atoms with Crippen molar-refractivity contribution in [2.24, 2.45) is 0 Å². The van der Waals surface area contributed by atoms with Crippen molar-refractivity contribution in [3.8, 4) is 0 Å². The molecule has 2 aromatic carbocycles. The summed E-state index contributed by atoms with van der Waals surface area (Å²) in [4.78, 5) is 15.5. The highest BCUT2D eigenvalue weighted by Gasteiger charge is 2.30. The lowest BCUT2D eigenvalue weighted by Gasteiger charge is -2.25. The SMILES string of the molecule is CCc1ccc2[nH]c(=O)c(CN(C[C@H]3CCCO3)S(=O)(=O)c3ccc(F)cc3)cc2c1. The van der Waals surface area contributed by atoms with Crippen molar-refractivity contribution in [3.63, 3.8) is 0 Å². The molecule has 1 N–H and O–H groups in total. The second-order valence-corrected chi connectivity index (χ2v) is 9.72. The molecule has 0 radical (unpaired) electrons. The summed E-state index contributed by atoms with van der Waals surface area (Å²) in [5.41, 5.74) is 1.85. The van der Waals surface area contributed by atoms with E-state index in [1.165, 1.54) is 16.4 Å². The van der Waals surface area contributed by atoms with Gasteiger partial charge in [-0.15, -0.1) is 0 Å². The lowest BCUT2D eigenvalue weighted by Crippen LogP contribution is -2.38. The van der Waals surface area contributed by atoms with E-state index in [4.69, 9.17) is 4.74 Å². The molecule has 0 saturated carbocycles. The Hall–Kier alpha value is -2.55. The molecular weight excluding hydrogens is 419 g/mol. The fourth-order valence-electron chi connectivity index (χ4n) is 3.85. The van der Waals surface area contributed by atoms with E-state index in [0.29, 0.717) is 17.7 Å². The number of H-pyrrole nitrogens is 1. The molecule has 3 aromatic rings. The van der Waals surface area contributed by atoms with Gasteiger partial charge >= 0.3 is 0 Å². The Morgan fingerprint density at radius 2 is 1.94 bits per heavy atom. The van der Waals surface area contributed by atoms with E-state index in [1.807, 2.05) is 25.1 Å². The number of hydrogen-bond acceptors (Lipinski definition) is 4. The van der Waals surface area contributed by atoms with Crippen molar-refractivity contribution in [1.29, 1.82) is 0 Å². The molecule has 4 rings (SSSR count). The Morgan fingerprint density at radius 1 is 1.16 bits per heavy atom. The summed E-state index contributed by atoms with van der Waals surface area (Å²) in [6, 6.07) is 12.3. The Kier molecular flexibility index (Phi) is 6.22. The van der Waals surface area contributed by atoms with Gasteiger partial charge in [0.25, 0.3) is 5.56 Å². The van der Waals surface area contributed by atoms with Gasteiger partial charge in [0.05, 0.1) is 11.0 Å². The topological polar surface area (TPSA) is 79.5 Å². The van der Waals surface area contributed by atoms with Crippen LogP contribution in [0.15, 0.2) is 58.2 Å². The number of nitrogens with zero attached hydrogens (tertiary/aromatic N) is 1. The number of ether oxygens (including phenoxy) is 1. The summed E-state index contributed by atoms with van der Waals surface area (Å²) < 4.78 is 46.9. The zero-order valence-electron chi connectivity index (χ0n) is 17.3. The largest absolute Gasteiger partial charge is 0.377 e. The number of hydrogen-bond donors (Lipinski definition) is 1. The van der Waals surface area contributed by atoms with Crippen molar-refractivity contribution >= 4 is 20.9 Å². The first-order valence-electron chi connectivity index (χ1n) is 10.4. The van der Waals surface area contributed by atoms with E-state index in [-0.39, 0.29) is 29.6 Å². The minimum atomic E-state index is -3.95. The molecule has 1 atom stereocenters. The number of sulfonamides is 1. The molecule has 0 bridgehead atoms. The molecule has 8 heteroatoms. The molecule has 31 heavy (non-hydrogen) atoms. The first-order chi connectivity index (χ1) is 14.9. The number of aromatic amines is 1. The summed E-state index contributed by atoms with van der Waals surface area (Å²) in [6.45, 7) is 2.67. The van der Waals surface area contributed by atoms with Gasteiger partial charge in [-0.2, -0.15) is 4.31 Å². The van der Waals surface area contributed by atoms with Crippen LogP contribution in [0.4, 0.5) is 4.39 Å². The minimum Gasteiger partial charge on any atom is -0.377 e. The monoisotopic (exact) mass is 444 g/mol. The van der Waals surface area contributed by atoms with E-state index in [1.54, 1.807) is 6.07 Å². The van der Waals surface area contributed by atoms with Crippen molar-refractivity contribution in [2.75, 3.05) is 13.2 Å². The van der Waals surface area contributed by atoms with Crippen LogP contribution in [-0.2, 0) is 27.7 Å². The molecule has 0 amide bonds. The third kappa shape index (κ3) is 4.71. The van der Waals surface area contributed by atoms with Gasteiger partial charge in [0.15, 0.2) is 0 Å². The quantitative estimate of drug-likeness (QED) is 0.604. The van der Waals surface area contributed by atoms with Crippen LogP contribution >= 0.6 is 0 Å². The summed E-state index contributed by atoms with van der Waals surface area (Å²) >= 11 is 0. The van der Waals surface area contributed by atoms with Gasteiger partial charge in [0.2, 0.25) is 10.0 Å². The molecule has 0 unspecified atom stereocenters. The van der Waals surface area contributed by atoms with Crippen molar-refractivity contribution in [3.05, 3.63) is 75.8 Å². The highest BCUT2D eigenvalue weighted by atomic mass is 32.2. The number of rotatable bonds is 7. The maximum Gasteiger partial charge on any atom is 0.252 e. The number of halogens is 1. The summed E-state index contributed by atoms with van der Waals surface area (Å²) in [6.07, 6.45) is 2.24. The van der Waals surface area contributed by atoms with Crippen LogP contribution in [0.3, 0.4) is 0 Å². The van der Waals surface area contributed by atoms with Crippen LogP contribution in [0.5, 0.6) is 0 Å². The van der Waals surface area contributed by atoms with Crippen LogP contribution in [0.2, 0.25) is 0 Å². The van der Waals surface area contributed by atoms with E-state index < -0.39 is 15.8 Å². The summed E-state index contributed by atoms with van der Waals surface area (Å²) in [7, 11) is -3.95. The van der Waals surface area contributed by atoms with Gasteiger partial charge in [0, 0.05) is 30.8 Å². The molecular formula is C23H25FN2O4S.